The van der Waals surface area contributed by atoms with E-state index in [0.717, 1.165) is 11.8 Å². The summed E-state index contributed by atoms with van der Waals surface area (Å²) in [5.74, 6) is 1.68. The molecule has 0 spiro atoms. The lowest BCUT2D eigenvalue weighted by atomic mass is 9.73. The lowest BCUT2D eigenvalue weighted by Crippen LogP contribution is -2.23. The molecule has 0 saturated carbocycles. The molecule has 0 aliphatic heterocycles. The molecule has 0 aromatic rings. The highest BCUT2D eigenvalue weighted by Crippen LogP contribution is 2.36. The lowest BCUT2D eigenvalue weighted by Gasteiger charge is -2.33. The molecule has 1 atom stereocenters. The van der Waals surface area contributed by atoms with Gasteiger partial charge in [-0.15, -0.1) is 0 Å². The number of rotatable bonds is 14. The van der Waals surface area contributed by atoms with Crippen molar-refractivity contribution in [2.75, 3.05) is 13.1 Å². The number of hydrogen-bond donors (Lipinski definition) is 1. The summed E-state index contributed by atoms with van der Waals surface area (Å²) >= 11 is 0. The molecule has 0 heterocycles. The van der Waals surface area contributed by atoms with Gasteiger partial charge in [-0.3, -0.25) is 0 Å². The van der Waals surface area contributed by atoms with Crippen LogP contribution < -0.4 is 5.32 Å². The Morgan fingerprint density at radius 3 is 1.95 bits per heavy atom. The topological polar surface area (TPSA) is 12.0 Å². The minimum absolute atomic E-state index is 0.517. The van der Waals surface area contributed by atoms with Crippen LogP contribution in [0.3, 0.4) is 0 Å². The van der Waals surface area contributed by atoms with Crippen molar-refractivity contribution in [1.29, 1.82) is 0 Å². The Labute approximate surface area is 135 Å². The summed E-state index contributed by atoms with van der Waals surface area (Å²) < 4.78 is 0. The minimum Gasteiger partial charge on any atom is -0.317 e. The molecule has 0 aromatic carbocycles. The van der Waals surface area contributed by atoms with E-state index in [1.165, 1.54) is 70.9 Å². The van der Waals surface area contributed by atoms with Crippen molar-refractivity contribution in [2.24, 2.45) is 17.3 Å². The largest absolute Gasteiger partial charge is 0.317 e. The van der Waals surface area contributed by atoms with Crippen LogP contribution in [-0.4, -0.2) is 13.1 Å². The Morgan fingerprint density at radius 2 is 1.38 bits per heavy atom. The summed E-state index contributed by atoms with van der Waals surface area (Å²) in [6, 6.07) is 0. The van der Waals surface area contributed by atoms with Crippen LogP contribution in [0.1, 0.15) is 99.3 Å². The minimum atomic E-state index is 0.517. The Balaban J connectivity index is 3.48. The maximum absolute atomic E-state index is 3.57. The Hall–Kier alpha value is -0.0400. The summed E-state index contributed by atoms with van der Waals surface area (Å²) in [4.78, 5) is 0. The fourth-order valence-electron chi connectivity index (χ4n) is 3.08. The fraction of sp³-hybridized carbons (Fsp3) is 1.00. The second kappa shape index (κ2) is 12.5. The maximum Gasteiger partial charge on any atom is -0.00489 e. The Morgan fingerprint density at radius 1 is 0.810 bits per heavy atom. The molecule has 0 saturated heterocycles. The molecule has 0 rings (SSSR count). The number of unbranched alkanes of at least 4 members (excludes halogenated alkanes) is 5. The molecule has 0 aliphatic rings. The van der Waals surface area contributed by atoms with Gasteiger partial charge in [0.2, 0.25) is 0 Å². The molecule has 0 fully saturated rings. The van der Waals surface area contributed by atoms with Gasteiger partial charge in [0.1, 0.15) is 0 Å². The standard InChI is InChI=1S/C20H43N/c1-7-8-12-15-21-16-13-10-9-11-14-20(5,6)19(4)17-18(2)3/h18-19,21H,7-17H2,1-6H3. The molecule has 1 heteroatoms. The van der Waals surface area contributed by atoms with Crippen LogP contribution in [0.4, 0.5) is 0 Å². The summed E-state index contributed by atoms with van der Waals surface area (Å²) in [7, 11) is 0. The number of hydrogen-bond acceptors (Lipinski definition) is 1. The van der Waals surface area contributed by atoms with Crippen molar-refractivity contribution < 1.29 is 0 Å². The van der Waals surface area contributed by atoms with Crippen molar-refractivity contribution in [3.8, 4) is 0 Å². The van der Waals surface area contributed by atoms with Gasteiger partial charge in [0.05, 0.1) is 0 Å². The van der Waals surface area contributed by atoms with E-state index >= 15 is 0 Å². The first kappa shape index (κ1) is 21.0. The van der Waals surface area contributed by atoms with E-state index in [-0.39, 0.29) is 0 Å². The molecule has 21 heavy (non-hydrogen) atoms. The number of nitrogens with one attached hydrogen (secondary N) is 1. The first-order chi connectivity index (χ1) is 9.90. The van der Waals surface area contributed by atoms with Gasteiger partial charge in [0.15, 0.2) is 0 Å². The van der Waals surface area contributed by atoms with Gasteiger partial charge in [-0.05, 0) is 56.0 Å². The van der Waals surface area contributed by atoms with E-state index in [9.17, 15) is 0 Å². The SMILES string of the molecule is CCCCCNCCCCCCC(C)(C)C(C)CC(C)C. The zero-order valence-corrected chi connectivity index (χ0v) is 15.9. The lowest BCUT2D eigenvalue weighted by molar-refractivity contribution is 0.177. The molecular formula is C20H43N. The highest BCUT2D eigenvalue weighted by Gasteiger charge is 2.25. The highest BCUT2D eigenvalue weighted by atomic mass is 14.8. The summed E-state index contributed by atoms with van der Waals surface area (Å²) in [5, 5.41) is 3.57. The van der Waals surface area contributed by atoms with Crippen LogP contribution in [0.2, 0.25) is 0 Å². The average molecular weight is 298 g/mol. The van der Waals surface area contributed by atoms with E-state index in [1.807, 2.05) is 0 Å². The van der Waals surface area contributed by atoms with E-state index in [1.54, 1.807) is 0 Å². The van der Waals surface area contributed by atoms with Gasteiger partial charge in [0.25, 0.3) is 0 Å². The first-order valence-corrected chi connectivity index (χ1v) is 9.60. The third kappa shape index (κ3) is 12.2. The monoisotopic (exact) mass is 297 g/mol. The summed E-state index contributed by atoms with van der Waals surface area (Å²) in [5.41, 5.74) is 0.517. The molecular weight excluding hydrogens is 254 g/mol. The van der Waals surface area contributed by atoms with Crippen molar-refractivity contribution in [1.82, 2.24) is 5.32 Å². The maximum atomic E-state index is 3.57. The van der Waals surface area contributed by atoms with Crippen molar-refractivity contribution in [3.05, 3.63) is 0 Å². The van der Waals surface area contributed by atoms with Crippen molar-refractivity contribution >= 4 is 0 Å². The molecule has 1 nitrogen and oxygen atoms in total. The first-order valence-electron chi connectivity index (χ1n) is 9.60. The second-order valence-corrected chi connectivity index (χ2v) is 8.14. The van der Waals surface area contributed by atoms with Gasteiger partial charge in [0, 0.05) is 0 Å². The molecule has 1 unspecified atom stereocenters. The van der Waals surface area contributed by atoms with Gasteiger partial charge in [-0.25, -0.2) is 0 Å². The van der Waals surface area contributed by atoms with E-state index < -0.39 is 0 Å². The van der Waals surface area contributed by atoms with Crippen LogP contribution in [0.5, 0.6) is 0 Å². The van der Waals surface area contributed by atoms with E-state index in [4.69, 9.17) is 0 Å². The van der Waals surface area contributed by atoms with Crippen LogP contribution in [0, 0.1) is 17.3 Å². The highest BCUT2D eigenvalue weighted by molar-refractivity contribution is 4.76. The van der Waals surface area contributed by atoms with Crippen LogP contribution in [0.25, 0.3) is 0 Å². The van der Waals surface area contributed by atoms with Gasteiger partial charge >= 0.3 is 0 Å². The molecule has 0 aliphatic carbocycles. The van der Waals surface area contributed by atoms with E-state index in [2.05, 4.69) is 46.9 Å². The predicted octanol–water partition coefficient (Wildman–Crippen LogP) is 6.43. The molecule has 0 bridgehead atoms. The van der Waals surface area contributed by atoms with Crippen molar-refractivity contribution in [2.45, 2.75) is 99.3 Å². The molecule has 0 aromatic heterocycles. The molecule has 0 amide bonds. The summed E-state index contributed by atoms with van der Waals surface area (Å²) in [6.07, 6.45) is 12.4. The Bertz CT molecular complexity index is 220. The fourth-order valence-corrected chi connectivity index (χ4v) is 3.08. The van der Waals surface area contributed by atoms with E-state index in [0.29, 0.717) is 5.41 Å². The Kier molecular flexibility index (Phi) is 12.5. The summed E-state index contributed by atoms with van der Waals surface area (Å²) in [6.45, 7) is 16.8. The third-order valence-electron chi connectivity index (χ3n) is 5.04. The van der Waals surface area contributed by atoms with Gasteiger partial charge in [-0.2, -0.15) is 0 Å². The average Bonchev–Trinajstić information content (AvgIpc) is 2.40. The normalized spacial score (nSPS) is 13.9. The van der Waals surface area contributed by atoms with Gasteiger partial charge < -0.3 is 5.32 Å². The molecule has 128 valence electrons. The van der Waals surface area contributed by atoms with Crippen molar-refractivity contribution in [3.63, 3.8) is 0 Å². The second-order valence-electron chi connectivity index (χ2n) is 8.14. The van der Waals surface area contributed by atoms with Crippen LogP contribution in [0.15, 0.2) is 0 Å². The molecule has 0 radical (unpaired) electrons. The van der Waals surface area contributed by atoms with Crippen LogP contribution in [-0.2, 0) is 0 Å². The quantitative estimate of drug-likeness (QED) is 0.364. The van der Waals surface area contributed by atoms with Gasteiger partial charge in [-0.1, -0.05) is 73.6 Å². The zero-order valence-electron chi connectivity index (χ0n) is 15.9. The predicted molar refractivity (Wildman–Crippen MR) is 97.9 cm³/mol. The van der Waals surface area contributed by atoms with Crippen LogP contribution >= 0.6 is 0 Å². The molecule has 1 N–H and O–H groups in total. The smallest absolute Gasteiger partial charge is 0.00489 e. The zero-order chi connectivity index (χ0) is 16.1. The third-order valence-corrected chi connectivity index (χ3v) is 5.04.